The van der Waals surface area contributed by atoms with E-state index in [2.05, 4.69) is 64.6 Å². The van der Waals surface area contributed by atoms with Crippen LogP contribution >= 0.6 is 0 Å². The largest absolute Gasteiger partial charge is 0.493 e. The van der Waals surface area contributed by atoms with Crippen molar-refractivity contribution in [2.24, 2.45) is 0 Å². The van der Waals surface area contributed by atoms with E-state index in [1.165, 1.54) is 5.69 Å². The molecule has 101 valence electrons. The fraction of sp³-hybridized carbons (Fsp3) is 0.625. The molecule has 2 nitrogen and oxygen atoms in total. The van der Waals surface area contributed by atoms with Crippen LogP contribution in [0.4, 0.5) is 5.69 Å². The maximum atomic E-state index is 5.54. The highest BCUT2D eigenvalue weighted by atomic mass is 16.5. The minimum absolute atomic E-state index is 0.0586. The first kappa shape index (κ1) is 14.9. The standard InChI is InChI=1S/C16H26NO/c1-8-18-14-11-9-10-13(12-14)17(15(2,3)4)16(5,6)7/h9-10,12H,8H2,1-7H3. The third kappa shape index (κ3) is 3.66. The lowest BCUT2D eigenvalue weighted by Crippen LogP contribution is -2.53. The van der Waals surface area contributed by atoms with E-state index in [4.69, 9.17) is 4.74 Å². The lowest BCUT2D eigenvalue weighted by Gasteiger charge is -2.47. The van der Waals surface area contributed by atoms with Gasteiger partial charge in [0, 0.05) is 28.9 Å². The minimum atomic E-state index is 0.0586. The number of ether oxygens (including phenoxy) is 1. The molecule has 2 heteroatoms. The van der Waals surface area contributed by atoms with Gasteiger partial charge in [0.2, 0.25) is 0 Å². The van der Waals surface area contributed by atoms with Crippen LogP contribution in [0.5, 0.6) is 5.75 Å². The Labute approximate surface area is 112 Å². The summed E-state index contributed by atoms with van der Waals surface area (Å²) < 4.78 is 5.54. The summed E-state index contributed by atoms with van der Waals surface area (Å²) in [5, 5.41) is 0. The van der Waals surface area contributed by atoms with E-state index in [0.29, 0.717) is 6.61 Å². The molecule has 0 unspecified atom stereocenters. The molecule has 1 radical (unpaired) electrons. The molecule has 0 amide bonds. The average Bonchev–Trinajstić information content (AvgIpc) is 2.13. The van der Waals surface area contributed by atoms with E-state index < -0.39 is 0 Å². The molecule has 0 atom stereocenters. The van der Waals surface area contributed by atoms with Gasteiger partial charge in [-0.05, 0) is 60.6 Å². The minimum Gasteiger partial charge on any atom is -0.493 e. The third-order valence-electron chi connectivity index (χ3n) is 2.66. The van der Waals surface area contributed by atoms with Gasteiger partial charge in [0.05, 0.1) is 6.61 Å². The van der Waals surface area contributed by atoms with Gasteiger partial charge >= 0.3 is 0 Å². The van der Waals surface area contributed by atoms with Crippen molar-refractivity contribution in [3.63, 3.8) is 0 Å². The smallest absolute Gasteiger partial charge is 0.129 e. The molecular weight excluding hydrogens is 222 g/mol. The van der Waals surface area contributed by atoms with Crippen LogP contribution < -0.4 is 9.64 Å². The van der Waals surface area contributed by atoms with Crippen LogP contribution in [0.15, 0.2) is 18.2 Å². The van der Waals surface area contributed by atoms with Gasteiger partial charge in [-0.1, -0.05) is 0 Å². The maximum absolute atomic E-state index is 5.54. The van der Waals surface area contributed by atoms with Crippen LogP contribution in [0.25, 0.3) is 0 Å². The third-order valence-corrected chi connectivity index (χ3v) is 2.66. The van der Waals surface area contributed by atoms with Crippen molar-refractivity contribution in [2.75, 3.05) is 11.5 Å². The summed E-state index contributed by atoms with van der Waals surface area (Å²) in [6.07, 6.45) is 0. The van der Waals surface area contributed by atoms with Gasteiger partial charge in [0.1, 0.15) is 5.75 Å². The van der Waals surface area contributed by atoms with Gasteiger partial charge in [-0.2, -0.15) is 0 Å². The summed E-state index contributed by atoms with van der Waals surface area (Å²) >= 11 is 0. The zero-order chi connectivity index (χ0) is 14.0. The van der Waals surface area contributed by atoms with Crippen molar-refractivity contribution < 1.29 is 4.74 Å². The topological polar surface area (TPSA) is 12.5 Å². The molecule has 0 fully saturated rings. The second-order valence-corrected chi connectivity index (χ2v) is 6.52. The van der Waals surface area contributed by atoms with Crippen molar-refractivity contribution in [2.45, 2.75) is 59.5 Å². The summed E-state index contributed by atoms with van der Waals surface area (Å²) in [6.45, 7) is 16.1. The molecule has 0 N–H and O–H groups in total. The number of hydrogen-bond acceptors (Lipinski definition) is 2. The molecule has 1 aromatic rings. The van der Waals surface area contributed by atoms with Gasteiger partial charge in [-0.3, -0.25) is 0 Å². The number of hydrogen-bond donors (Lipinski definition) is 0. The van der Waals surface area contributed by atoms with Crippen LogP contribution in [0.1, 0.15) is 48.5 Å². The van der Waals surface area contributed by atoms with Crippen molar-refractivity contribution in [1.29, 1.82) is 0 Å². The molecule has 0 saturated heterocycles. The second kappa shape index (κ2) is 5.21. The average molecular weight is 248 g/mol. The van der Waals surface area contributed by atoms with E-state index in [0.717, 1.165) is 5.75 Å². The van der Waals surface area contributed by atoms with Gasteiger partial charge in [-0.15, -0.1) is 0 Å². The first-order chi connectivity index (χ1) is 8.16. The van der Waals surface area contributed by atoms with Crippen molar-refractivity contribution in [3.05, 3.63) is 24.3 Å². The number of benzene rings is 1. The summed E-state index contributed by atoms with van der Waals surface area (Å²) in [4.78, 5) is 2.41. The summed E-state index contributed by atoms with van der Waals surface area (Å²) in [7, 11) is 0. The molecule has 1 rings (SSSR count). The Bertz CT molecular complexity index is 371. The normalized spacial score (nSPS) is 12.4. The number of nitrogens with zero attached hydrogens (tertiary/aromatic N) is 1. The predicted molar refractivity (Wildman–Crippen MR) is 78.4 cm³/mol. The van der Waals surface area contributed by atoms with Crippen molar-refractivity contribution in [1.82, 2.24) is 0 Å². The molecule has 0 aliphatic heterocycles. The Kier molecular flexibility index (Phi) is 4.31. The molecule has 0 saturated carbocycles. The molecule has 0 heterocycles. The monoisotopic (exact) mass is 248 g/mol. The lowest BCUT2D eigenvalue weighted by atomic mass is 9.94. The maximum Gasteiger partial charge on any atom is 0.129 e. The Morgan fingerprint density at radius 3 is 2.11 bits per heavy atom. The zero-order valence-corrected chi connectivity index (χ0v) is 12.8. The fourth-order valence-corrected chi connectivity index (χ4v) is 2.59. The Morgan fingerprint density at radius 2 is 1.67 bits per heavy atom. The van der Waals surface area contributed by atoms with Crippen molar-refractivity contribution >= 4 is 5.69 Å². The van der Waals surface area contributed by atoms with E-state index in [1.807, 2.05) is 13.0 Å². The first-order valence-electron chi connectivity index (χ1n) is 6.61. The quantitative estimate of drug-likeness (QED) is 0.791. The molecule has 18 heavy (non-hydrogen) atoms. The van der Waals surface area contributed by atoms with Crippen molar-refractivity contribution in [3.8, 4) is 5.75 Å². The van der Waals surface area contributed by atoms with Crippen LogP contribution in [-0.4, -0.2) is 17.7 Å². The highest BCUT2D eigenvalue weighted by molar-refractivity contribution is 5.54. The molecule has 1 aromatic carbocycles. The molecule has 0 aliphatic rings. The summed E-state index contributed by atoms with van der Waals surface area (Å²) in [5.74, 6) is 0.813. The van der Waals surface area contributed by atoms with Crippen LogP contribution in [0, 0.1) is 6.07 Å². The lowest BCUT2D eigenvalue weighted by molar-refractivity contribution is 0.338. The van der Waals surface area contributed by atoms with Crippen LogP contribution in [-0.2, 0) is 0 Å². The molecule has 0 spiro atoms. The van der Waals surface area contributed by atoms with Crippen LogP contribution in [0.3, 0.4) is 0 Å². The molecular formula is C16H26NO. The predicted octanol–water partition coefficient (Wildman–Crippen LogP) is 4.29. The van der Waals surface area contributed by atoms with Crippen LogP contribution in [0.2, 0.25) is 0 Å². The number of rotatable bonds is 3. The molecule has 0 aliphatic carbocycles. The summed E-state index contributed by atoms with van der Waals surface area (Å²) in [6, 6.07) is 9.22. The fourth-order valence-electron chi connectivity index (χ4n) is 2.59. The highest BCUT2D eigenvalue weighted by Gasteiger charge is 2.31. The van der Waals surface area contributed by atoms with Gasteiger partial charge < -0.3 is 9.64 Å². The zero-order valence-electron chi connectivity index (χ0n) is 12.8. The molecule has 0 bridgehead atoms. The molecule has 0 aromatic heterocycles. The van der Waals surface area contributed by atoms with E-state index in [-0.39, 0.29) is 11.1 Å². The van der Waals surface area contributed by atoms with Gasteiger partial charge in [-0.25, -0.2) is 0 Å². The summed E-state index contributed by atoms with van der Waals surface area (Å²) in [5.41, 5.74) is 1.30. The Balaban J connectivity index is 3.18. The Hall–Kier alpha value is -1.18. The highest BCUT2D eigenvalue weighted by Crippen LogP contribution is 2.33. The Morgan fingerprint density at radius 1 is 1.11 bits per heavy atom. The van der Waals surface area contributed by atoms with E-state index in [9.17, 15) is 0 Å². The van der Waals surface area contributed by atoms with Gasteiger partial charge in [0.15, 0.2) is 0 Å². The second-order valence-electron chi connectivity index (χ2n) is 6.52. The SMILES string of the molecule is CCOc1[c]ccc(N(C(C)(C)C)C(C)(C)C)c1. The number of anilines is 1. The first-order valence-corrected chi connectivity index (χ1v) is 6.61. The van der Waals surface area contributed by atoms with E-state index >= 15 is 0 Å². The van der Waals surface area contributed by atoms with E-state index in [1.54, 1.807) is 0 Å². The van der Waals surface area contributed by atoms with Gasteiger partial charge in [0.25, 0.3) is 0 Å².